The molecular formula is C17H14O6. The van der Waals surface area contributed by atoms with Crippen molar-refractivity contribution in [3.63, 3.8) is 0 Å². The van der Waals surface area contributed by atoms with E-state index in [0.717, 1.165) is 0 Å². The van der Waals surface area contributed by atoms with Gasteiger partial charge in [0.2, 0.25) is 5.75 Å². The number of hydrogen-bond acceptors (Lipinski definition) is 6. The van der Waals surface area contributed by atoms with Crippen LogP contribution in [0, 0.1) is 6.92 Å². The molecule has 6 nitrogen and oxygen atoms in total. The zero-order valence-electron chi connectivity index (χ0n) is 12.8. The Morgan fingerprint density at radius 3 is 2.13 bits per heavy atom. The van der Waals surface area contributed by atoms with Crippen molar-refractivity contribution >= 4 is 11.6 Å². The third kappa shape index (κ3) is 1.88. The number of rotatable bonds is 2. The van der Waals surface area contributed by atoms with Crippen LogP contribution in [0.2, 0.25) is 0 Å². The summed E-state index contributed by atoms with van der Waals surface area (Å²) in [7, 11) is 2.61. The number of methoxy groups -OCH3 is 2. The first-order valence-electron chi connectivity index (χ1n) is 6.82. The Morgan fingerprint density at radius 1 is 0.870 bits per heavy atom. The monoisotopic (exact) mass is 314 g/mol. The number of aromatic hydroxyl groups is 2. The van der Waals surface area contributed by atoms with Gasteiger partial charge >= 0.3 is 0 Å². The van der Waals surface area contributed by atoms with E-state index in [2.05, 4.69) is 0 Å². The zero-order valence-corrected chi connectivity index (χ0v) is 12.8. The highest BCUT2D eigenvalue weighted by atomic mass is 16.5. The normalized spacial score (nSPS) is 12.7. The number of phenolic OH excluding ortho intramolecular Hbond substituents is 2. The van der Waals surface area contributed by atoms with Crippen LogP contribution in [0.3, 0.4) is 0 Å². The minimum Gasteiger partial charge on any atom is -0.507 e. The average molecular weight is 314 g/mol. The van der Waals surface area contributed by atoms with E-state index in [9.17, 15) is 19.8 Å². The number of carbonyl (C=O) groups excluding carboxylic acids is 2. The molecule has 6 heteroatoms. The van der Waals surface area contributed by atoms with Gasteiger partial charge in [-0.2, -0.15) is 0 Å². The topological polar surface area (TPSA) is 93.1 Å². The Labute approximate surface area is 131 Å². The first-order valence-corrected chi connectivity index (χ1v) is 6.82. The second kappa shape index (κ2) is 5.01. The van der Waals surface area contributed by atoms with Crippen LogP contribution in [0.5, 0.6) is 23.0 Å². The summed E-state index contributed by atoms with van der Waals surface area (Å²) >= 11 is 0. The predicted molar refractivity (Wildman–Crippen MR) is 80.9 cm³/mol. The van der Waals surface area contributed by atoms with Crippen molar-refractivity contribution in [2.24, 2.45) is 0 Å². The molecule has 0 spiro atoms. The first kappa shape index (κ1) is 14.9. The van der Waals surface area contributed by atoms with Crippen molar-refractivity contribution in [3.05, 3.63) is 46.0 Å². The van der Waals surface area contributed by atoms with Gasteiger partial charge < -0.3 is 19.7 Å². The summed E-state index contributed by atoms with van der Waals surface area (Å²) in [6.45, 7) is 1.64. The van der Waals surface area contributed by atoms with Gasteiger partial charge in [-0.3, -0.25) is 9.59 Å². The Kier molecular flexibility index (Phi) is 3.25. The Balaban J connectivity index is 2.40. The highest BCUT2D eigenvalue weighted by Gasteiger charge is 2.37. The molecule has 0 heterocycles. The smallest absolute Gasteiger partial charge is 0.201 e. The summed E-state index contributed by atoms with van der Waals surface area (Å²) < 4.78 is 10.1. The maximum atomic E-state index is 12.8. The fraction of sp³-hybridized carbons (Fsp3) is 0.176. The summed E-state index contributed by atoms with van der Waals surface area (Å²) in [4.78, 5) is 25.5. The molecule has 2 N–H and O–H groups in total. The number of ketones is 2. The number of hydrogen-bond donors (Lipinski definition) is 2. The largest absolute Gasteiger partial charge is 0.507 e. The van der Waals surface area contributed by atoms with Gasteiger partial charge in [0.15, 0.2) is 23.1 Å². The van der Waals surface area contributed by atoms with Gasteiger partial charge in [-0.1, -0.05) is 6.07 Å². The summed E-state index contributed by atoms with van der Waals surface area (Å²) in [6, 6.07) is 4.31. The standard InChI is InChI=1S/C17H14O6/c1-7-4-5-8-11(13(7)18)15(20)9-6-10(22-2)16(21)17(23-3)12(9)14(8)19/h4-6,18,21H,1-3H3. The van der Waals surface area contributed by atoms with Crippen molar-refractivity contribution in [2.75, 3.05) is 14.2 Å². The molecule has 0 saturated heterocycles. The molecule has 23 heavy (non-hydrogen) atoms. The van der Waals surface area contributed by atoms with Crippen molar-refractivity contribution < 1.29 is 29.3 Å². The Hall–Kier alpha value is -3.02. The van der Waals surface area contributed by atoms with Gasteiger partial charge in [0.05, 0.1) is 25.3 Å². The maximum Gasteiger partial charge on any atom is 0.201 e. The molecule has 3 rings (SSSR count). The van der Waals surface area contributed by atoms with E-state index in [0.29, 0.717) is 5.56 Å². The zero-order chi connectivity index (χ0) is 16.9. The minimum absolute atomic E-state index is 0.0114. The molecule has 1 aliphatic carbocycles. The van der Waals surface area contributed by atoms with E-state index in [1.807, 2.05) is 0 Å². The quantitative estimate of drug-likeness (QED) is 0.753. The number of phenols is 2. The molecule has 2 aromatic carbocycles. The molecule has 2 aromatic rings. The van der Waals surface area contributed by atoms with E-state index in [1.54, 1.807) is 13.0 Å². The molecule has 0 amide bonds. The summed E-state index contributed by atoms with van der Waals surface area (Å²) in [6.07, 6.45) is 0. The number of fused-ring (bicyclic) bond motifs is 2. The van der Waals surface area contributed by atoms with Gasteiger partial charge in [0.1, 0.15) is 5.75 Å². The van der Waals surface area contributed by atoms with Crippen LogP contribution >= 0.6 is 0 Å². The van der Waals surface area contributed by atoms with Crippen molar-refractivity contribution in [1.82, 2.24) is 0 Å². The molecule has 0 aromatic heterocycles. The van der Waals surface area contributed by atoms with Gasteiger partial charge in [-0.25, -0.2) is 0 Å². The second-order valence-corrected chi connectivity index (χ2v) is 5.20. The van der Waals surface area contributed by atoms with Crippen LogP contribution < -0.4 is 9.47 Å². The van der Waals surface area contributed by atoms with Crippen molar-refractivity contribution in [1.29, 1.82) is 0 Å². The molecule has 0 atom stereocenters. The van der Waals surface area contributed by atoms with E-state index in [1.165, 1.54) is 26.4 Å². The van der Waals surface area contributed by atoms with E-state index in [4.69, 9.17) is 9.47 Å². The predicted octanol–water partition coefficient (Wildman–Crippen LogP) is 2.20. The summed E-state index contributed by atoms with van der Waals surface area (Å²) in [5.74, 6) is -1.71. The Morgan fingerprint density at radius 2 is 1.52 bits per heavy atom. The van der Waals surface area contributed by atoms with Crippen molar-refractivity contribution in [2.45, 2.75) is 6.92 Å². The fourth-order valence-corrected chi connectivity index (χ4v) is 2.77. The number of benzene rings is 2. The number of ether oxygens (including phenoxy) is 2. The lowest BCUT2D eigenvalue weighted by molar-refractivity contribution is 0.0973. The van der Waals surface area contributed by atoms with Crippen LogP contribution in [-0.4, -0.2) is 36.0 Å². The van der Waals surface area contributed by atoms with Crippen LogP contribution in [0.25, 0.3) is 0 Å². The summed E-state index contributed by atoms with van der Waals surface area (Å²) in [5, 5.41) is 20.3. The van der Waals surface area contributed by atoms with E-state index in [-0.39, 0.29) is 45.3 Å². The number of carbonyl (C=O) groups is 2. The molecule has 0 aliphatic heterocycles. The molecule has 0 bridgehead atoms. The molecule has 0 fully saturated rings. The molecule has 0 unspecified atom stereocenters. The van der Waals surface area contributed by atoms with Crippen LogP contribution in [-0.2, 0) is 0 Å². The van der Waals surface area contributed by atoms with Crippen LogP contribution in [0.15, 0.2) is 18.2 Å². The van der Waals surface area contributed by atoms with Gasteiger partial charge in [-0.05, 0) is 24.6 Å². The van der Waals surface area contributed by atoms with Crippen LogP contribution in [0.1, 0.15) is 37.4 Å². The third-order valence-corrected chi connectivity index (χ3v) is 3.97. The van der Waals surface area contributed by atoms with Gasteiger partial charge in [0, 0.05) is 11.1 Å². The van der Waals surface area contributed by atoms with Gasteiger partial charge in [0.25, 0.3) is 0 Å². The number of aryl methyl sites for hydroxylation is 1. The van der Waals surface area contributed by atoms with Crippen LogP contribution in [0.4, 0.5) is 0 Å². The molecule has 1 aliphatic rings. The third-order valence-electron chi connectivity index (χ3n) is 3.97. The van der Waals surface area contributed by atoms with E-state index < -0.39 is 11.6 Å². The second-order valence-electron chi connectivity index (χ2n) is 5.20. The lowest BCUT2D eigenvalue weighted by atomic mass is 9.82. The molecular weight excluding hydrogens is 300 g/mol. The minimum atomic E-state index is -0.521. The molecule has 118 valence electrons. The first-order chi connectivity index (χ1) is 10.9. The fourth-order valence-electron chi connectivity index (χ4n) is 2.77. The lowest BCUT2D eigenvalue weighted by Crippen LogP contribution is -2.22. The molecule has 0 radical (unpaired) electrons. The lowest BCUT2D eigenvalue weighted by Gasteiger charge is -2.22. The summed E-state index contributed by atoms with van der Waals surface area (Å²) in [5.41, 5.74) is 0.512. The van der Waals surface area contributed by atoms with E-state index >= 15 is 0 Å². The highest BCUT2D eigenvalue weighted by molar-refractivity contribution is 6.30. The highest BCUT2D eigenvalue weighted by Crippen LogP contribution is 2.46. The van der Waals surface area contributed by atoms with Gasteiger partial charge in [-0.15, -0.1) is 0 Å². The average Bonchev–Trinajstić information content (AvgIpc) is 2.54. The molecule has 0 saturated carbocycles. The van der Waals surface area contributed by atoms with Crippen molar-refractivity contribution in [3.8, 4) is 23.0 Å². The maximum absolute atomic E-state index is 12.8. The SMILES string of the molecule is COc1cc2c(c(OC)c1O)C(=O)c1ccc(C)c(O)c1C2=O. The Bertz CT molecular complexity index is 866.